The molecule has 3 atom stereocenters. The molecule has 4 fully saturated rings. The molecular formula is C22H27ClFN3O2S. The van der Waals surface area contributed by atoms with Gasteiger partial charge < -0.3 is 9.29 Å². The topological polar surface area (TPSA) is 83.2 Å². The number of nitriles is 1. The van der Waals surface area contributed by atoms with Crippen LogP contribution in [0.2, 0.25) is 5.02 Å². The summed E-state index contributed by atoms with van der Waals surface area (Å²) < 4.78 is 31.7. The number of nitrogens with zero attached hydrogens (tertiary/aromatic N) is 2. The number of hydrogen-bond donors (Lipinski definition) is 1. The number of halogens is 2. The van der Waals surface area contributed by atoms with E-state index in [9.17, 15) is 14.2 Å². The predicted octanol–water partition coefficient (Wildman–Crippen LogP) is 4.72. The van der Waals surface area contributed by atoms with E-state index in [0.29, 0.717) is 5.92 Å². The monoisotopic (exact) mass is 451 g/mol. The predicted molar refractivity (Wildman–Crippen MR) is 115 cm³/mol. The van der Waals surface area contributed by atoms with Crippen molar-refractivity contribution in [2.75, 3.05) is 6.26 Å². The molecule has 4 aliphatic carbocycles. The minimum absolute atomic E-state index is 0.0644. The smallest absolute Gasteiger partial charge is 0.185 e. The number of hydrogen-bond acceptors (Lipinski definition) is 4. The van der Waals surface area contributed by atoms with Crippen molar-refractivity contribution < 1.29 is 13.7 Å². The molecule has 1 aromatic rings. The van der Waals surface area contributed by atoms with Gasteiger partial charge in [-0.2, -0.15) is 5.26 Å². The van der Waals surface area contributed by atoms with E-state index in [0.717, 1.165) is 32.1 Å². The fourth-order valence-electron chi connectivity index (χ4n) is 6.13. The Labute approximate surface area is 185 Å². The summed E-state index contributed by atoms with van der Waals surface area (Å²) in [6.45, 7) is 3.44. The highest BCUT2D eigenvalue weighted by Crippen LogP contribution is 2.59. The lowest BCUT2D eigenvalue weighted by molar-refractivity contribution is -0.0242. The molecule has 5 rings (SSSR count). The lowest BCUT2D eigenvalue weighted by Gasteiger charge is -2.60. The lowest BCUT2D eigenvalue weighted by Crippen LogP contribution is -2.65. The fourth-order valence-corrected chi connectivity index (χ4v) is 7.71. The first-order valence-electron chi connectivity index (χ1n) is 10.3. The van der Waals surface area contributed by atoms with Gasteiger partial charge in [-0.25, -0.2) is 4.39 Å². The van der Waals surface area contributed by atoms with Crippen LogP contribution in [0.3, 0.4) is 0 Å². The molecule has 0 amide bonds. The van der Waals surface area contributed by atoms with E-state index in [1.807, 2.05) is 6.26 Å². The maximum absolute atomic E-state index is 13.4. The molecule has 4 saturated carbocycles. The van der Waals surface area contributed by atoms with E-state index >= 15 is 0 Å². The molecule has 0 aliphatic heterocycles. The quantitative estimate of drug-likeness (QED) is 0.231. The SMILES string of the molecule is C[S+]([O-])C12CC3CC(C1)C(N(C#N)C(=N)C(C)(C)Oc1ccc(F)cc1Cl)C(C3)C2. The maximum atomic E-state index is 13.4. The van der Waals surface area contributed by atoms with Gasteiger partial charge in [-0.3, -0.25) is 10.3 Å². The summed E-state index contributed by atoms with van der Waals surface area (Å²) in [4.78, 5) is 1.51. The highest BCUT2D eigenvalue weighted by Gasteiger charge is 2.61. The molecule has 8 heteroatoms. The van der Waals surface area contributed by atoms with Gasteiger partial charge in [0.2, 0.25) is 0 Å². The van der Waals surface area contributed by atoms with Crippen LogP contribution in [0.1, 0.15) is 46.0 Å². The number of amidine groups is 1. The number of benzene rings is 1. The molecule has 1 aromatic carbocycles. The molecule has 30 heavy (non-hydrogen) atoms. The van der Waals surface area contributed by atoms with Crippen LogP contribution in [0.5, 0.6) is 5.75 Å². The zero-order valence-corrected chi connectivity index (χ0v) is 19.0. The minimum Gasteiger partial charge on any atom is -0.616 e. The van der Waals surface area contributed by atoms with Gasteiger partial charge in [-0.05, 0) is 62.6 Å². The first-order chi connectivity index (χ1) is 14.1. The van der Waals surface area contributed by atoms with Crippen LogP contribution in [-0.4, -0.2) is 37.9 Å². The molecule has 0 saturated heterocycles. The van der Waals surface area contributed by atoms with Crippen LogP contribution in [-0.2, 0) is 11.2 Å². The summed E-state index contributed by atoms with van der Waals surface area (Å²) in [5.41, 5.74) is -1.13. The van der Waals surface area contributed by atoms with Crippen molar-refractivity contribution in [3.05, 3.63) is 29.0 Å². The van der Waals surface area contributed by atoms with E-state index in [1.54, 1.807) is 13.8 Å². The molecular weight excluding hydrogens is 425 g/mol. The maximum Gasteiger partial charge on any atom is 0.185 e. The number of ether oxygens (including phenoxy) is 1. The van der Waals surface area contributed by atoms with E-state index in [2.05, 4.69) is 6.19 Å². The Morgan fingerprint density at radius 2 is 2.00 bits per heavy atom. The second-order valence-corrected chi connectivity index (χ2v) is 11.8. The molecule has 3 unspecified atom stereocenters. The van der Waals surface area contributed by atoms with Crippen molar-refractivity contribution in [1.29, 1.82) is 10.7 Å². The van der Waals surface area contributed by atoms with Gasteiger partial charge in [0, 0.05) is 19.3 Å². The number of rotatable bonds is 5. The van der Waals surface area contributed by atoms with Crippen LogP contribution >= 0.6 is 11.6 Å². The third kappa shape index (κ3) is 3.57. The molecule has 162 valence electrons. The molecule has 4 bridgehead atoms. The standard InChI is InChI=1S/C22H27ClFN3O2S/c1-21(2,29-18-5-4-16(24)8-17(18)23)20(26)27(12-25)19-14-6-13-7-15(19)11-22(9-13,10-14)30(3)28/h4-5,8,13-15,19,26H,6-7,9-11H2,1-3H3. The third-order valence-corrected chi connectivity index (χ3v) is 9.27. The van der Waals surface area contributed by atoms with Crippen molar-refractivity contribution in [2.45, 2.75) is 62.3 Å². The molecule has 4 aliphatic rings. The van der Waals surface area contributed by atoms with Crippen molar-refractivity contribution >= 4 is 28.6 Å². The summed E-state index contributed by atoms with van der Waals surface area (Å²) in [6.07, 6.45) is 8.84. The zero-order valence-electron chi connectivity index (χ0n) is 17.5. The normalized spacial score (nSPS) is 33.1. The first kappa shape index (κ1) is 21.7. The van der Waals surface area contributed by atoms with Crippen molar-refractivity contribution in [2.24, 2.45) is 17.8 Å². The summed E-state index contributed by atoms with van der Waals surface area (Å²) in [5, 5.41) is 19.0. The molecule has 0 spiro atoms. The van der Waals surface area contributed by atoms with Gasteiger partial charge in [0.25, 0.3) is 0 Å². The van der Waals surface area contributed by atoms with Crippen molar-refractivity contribution in [3.8, 4) is 11.9 Å². The van der Waals surface area contributed by atoms with Crippen molar-refractivity contribution in [1.82, 2.24) is 4.90 Å². The van der Waals surface area contributed by atoms with Gasteiger partial charge in [0.15, 0.2) is 17.6 Å². The Balaban J connectivity index is 1.57. The Bertz CT molecular complexity index is 887. The van der Waals surface area contributed by atoms with Gasteiger partial charge in [-0.1, -0.05) is 22.8 Å². The van der Waals surface area contributed by atoms with E-state index in [4.69, 9.17) is 21.7 Å². The lowest BCUT2D eigenvalue weighted by atomic mass is 9.53. The van der Waals surface area contributed by atoms with Crippen LogP contribution < -0.4 is 4.74 Å². The fraction of sp³-hybridized carbons (Fsp3) is 0.636. The Morgan fingerprint density at radius 3 is 2.53 bits per heavy atom. The summed E-state index contributed by atoms with van der Waals surface area (Å²) in [7, 11) is 0. The summed E-state index contributed by atoms with van der Waals surface area (Å²) in [5.74, 6) is 0.954. The van der Waals surface area contributed by atoms with Gasteiger partial charge in [-0.15, -0.1) is 0 Å². The second-order valence-electron chi connectivity index (χ2n) is 9.60. The van der Waals surface area contributed by atoms with Crippen molar-refractivity contribution in [3.63, 3.8) is 0 Å². The van der Waals surface area contributed by atoms with E-state index in [-0.39, 0.29) is 39.2 Å². The van der Waals surface area contributed by atoms with E-state index < -0.39 is 22.6 Å². The van der Waals surface area contributed by atoms with Gasteiger partial charge in [0.1, 0.15) is 16.3 Å². The average molecular weight is 452 g/mol. The van der Waals surface area contributed by atoms with Gasteiger partial charge in [0.05, 0.1) is 17.3 Å². The molecule has 0 aromatic heterocycles. The zero-order chi connectivity index (χ0) is 21.8. The van der Waals surface area contributed by atoms with Gasteiger partial charge >= 0.3 is 0 Å². The summed E-state index contributed by atoms with van der Waals surface area (Å²) >= 11 is 5.22. The van der Waals surface area contributed by atoms with Crippen LogP contribution in [0.15, 0.2) is 18.2 Å². The van der Waals surface area contributed by atoms with E-state index in [1.165, 1.54) is 23.1 Å². The first-order valence-corrected chi connectivity index (χ1v) is 12.3. The largest absolute Gasteiger partial charge is 0.616 e. The van der Waals surface area contributed by atoms with Crippen LogP contribution in [0.4, 0.5) is 4.39 Å². The summed E-state index contributed by atoms with van der Waals surface area (Å²) in [6, 6.07) is 3.79. The Hall–Kier alpha value is -1.49. The average Bonchev–Trinajstić information content (AvgIpc) is 2.65. The molecule has 0 heterocycles. The van der Waals surface area contributed by atoms with Crippen LogP contribution in [0, 0.1) is 40.4 Å². The Kier molecular flexibility index (Phi) is 5.49. The highest BCUT2D eigenvalue weighted by molar-refractivity contribution is 7.92. The molecule has 1 N–H and O–H groups in total. The second kappa shape index (κ2) is 7.58. The highest BCUT2D eigenvalue weighted by atomic mass is 35.5. The molecule has 0 radical (unpaired) electrons. The minimum atomic E-state index is -1.13. The third-order valence-electron chi connectivity index (χ3n) is 7.25. The number of nitrogens with one attached hydrogen (secondary N) is 1. The van der Waals surface area contributed by atoms with Crippen LogP contribution in [0.25, 0.3) is 0 Å². The Morgan fingerprint density at radius 1 is 1.37 bits per heavy atom. The molecule has 5 nitrogen and oxygen atoms in total.